The molecule has 7 heteroatoms. The predicted octanol–water partition coefficient (Wildman–Crippen LogP) is 1.97. The zero-order valence-corrected chi connectivity index (χ0v) is 13.5. The van der Waals surface area contributed by atoms with E-state index in [0.717, 1.165) is 10.3 Å². The summed E-state index contributed by atoms with van der Waals surface area (Å²) in [5, 5.41) is 10.9. The summed E-state index contributed by atoms with van der Waals surface area (Å²) in [4.78, 5) is 0. The Morgan fingerprint density at radius 3 is 2.55 bits per heavy atom. The summed E-state index contributed by atoms with van der Waals surface area (Å²) in [7, 11) is 1.57. The van der Waals surface area contributed by atoms with Crippen molar-refractivity contribution in [1.29, 1.82) is 0 Å². The second-order valence-electron chi connectivity index (χ2n) is 3.93. The molecule has 0 aliphatic carbocycles. The van der Waals surface area contributed by atoms with E-state index in [0.29, 0.717) is 31.0 Å². The Kier molecular flexibility index (Phi) is 7.39. The summed E-state index contributed by atoms with van der Waals surface area (Å²) < 4.78 is 21.2. The Hall–Kier alpha value is -0.730. The fourth-order valence-electron chi connectivity index (χ4n) is 1.35. The number of methoxy groups -OCH3 is 1. The maximum absolute atomic E-state index is 10.9. The molecule has 0 radical (unpaired) electrons. The maximum Gasteiger partial charge on any atom is 0.308 e. The van der Waals surface area contributed by atoms with Gasteiger partial charge < -0.3 is 24.2 Å². The Labute approximate surface area is 127 Å². The minimum absolute atomic E-state index is 0.514. The van der Waals surface area contributed by atoms with E-state index in [1.807, 2.05) is 13.8 Å². The van der Waals surface area contributed by atoms with Gasteiger partial charge in [-0.15, -0.1) is 0 Å². The van der Waals surface area contributed by atoms with Crippen LogP contribution in [0.25, 0.3) is 0 Å². The number of pyridine rings is 1. The molecule has 0 spiro atoms. The topological polar surface area (TPSA) is 67.2 Å². The smallest absolute Gasteiger partial charge is 0.308 e. The molecule has 1 aliphatic heterocycles. The highest BCUT2D eigenvalue weighted by Crippen LogP contribution is 2.28. The normalized spacial score (nSPS) is 20.2. The first-order valence-corrected chi connectivity index (χ1v) is 7.14. The number of hydrogen-bond acceptors (Lipinski definition) is 5. The number of halogens is 1. The van der Waals surface area contributed by atoms with Gasteiger partial charge in [-0.05, 0) is 19.4 Å². The van der Waals surface area contributed by atoms with Crippen molar-refractivity contribution in [1.82, 2.24) is 0 Å². The van der Waals surface area contributed by atoms with Crippen molar-refractivity contribution >= 4 is 15.9 Å². The lowest BCUT2D eigenvalue weighted by Gasteiger charge is -2.06. The summed E-state index contributed by atoms with van der Waals surface area (Å²) in [6.07, 6.45) is 1.46. The number of hydrogen-bond donors (Lipinski definition) is 0. The van der Waals surface area contributed by atoms with Crippen molar-refractivity contribution in [3.8, 4) is 0 Å². The Balaban J connectivity index is 0.000000217. The number of ether oxygens (including phenoxy) is 4. The average Bonchev–Trinajstić information content (AvgIpc) is 3.22. The van der Waals surface area contributed by atoms with Gasteiger partial charge in [0.05, 0.1) is 6.61 Å². The van der Waals surface area contributed by atoms with Crippen LogP contribution in [-0.2, 0) is 25.6 Å². The van der Waals surface area contributed by atoms with Crippen molar-refractivity contribution in [2.45, 2.75) is 26.4 Å². The fourth-order valence-corrected chi connectivity index (χ4v) is 1.76. The largest absolute Gasteiger partial charge is 0.618 e. The first-order chi connectivity index (χ1) is 9.56. The lowest BCUT2D eigenvalue weighted by Crippen LogP contribution is -2.26. The van der Waals surface area contributed by atoms with Gasteiger partial charge in [-0.1, -0.05) is 0 Å². The van der Waals surface area contributed by atoms with E-state index in [-0.39, 0.29) is 0 Å². The highest BCUT2D eigenvalue weighted by Gasteiger charge is 2.47. The summed E-state index contributed by atoms with van der Waals surface area (Å²) in [5.41, 5.74) is 0.996. The van der Waals surface area contributed by atoms with Gasteiger partial charge in [0.1, 0.15) is 6.61 Å². The second kappa shape index (κ2) is 8.53. The van der Waals surface area contributed by atoms with Gasteiger partial charge in [0.15, 0.2) is 6.20 Å². The van der Waals surface area contributed by atoms with Crippen molar-refractivity contribution in [2.75, 3.05) is 26.9 Å². The van der Waals surface area contributed by atoms with Gasteiger partial charge >= 0.3 is 5.97 Å². The molecular weight excluding hydrogens is 330 g/mol. The average molecular weight is 350 g/mol. The van der Waals surface area contributed by atoms with Crippen LogP contribution >= 0.6 is 15.9 Å². The Bertz CT molecular complexity index is 412. The molecule has 20 heavy (non-hydrogen) atoms. The molecule has 0 bridgehead atoms. The van der Waals surface area contributed by atoms with E-state index in [1.165, 1.54) is 6.20 Å². The highest BCUT2D eigenvalue weighted by atomic mass is 79.9. The van der Waals surface area contributed by atoms with Crippen LogP contribution in [0.15, 0.2) is 22.9 Å². The van der Waals surface area contributed by atoms with Crippen LogP contribution in [0.1, 0.15) is 19.4 Å². The first kappa shape index (κ1) is 17.3. The zero-order valence-electron chi connectivity index (χ0n) is 11.9. The van der Waals surface area contributed by atoms with Crippen LogP contribution in [-0.4, -0.2) is 32.9 Å². The standard InChI is InChI=1S/C8H10BrNO2.C5H10O3/c1-2-12-6-7-3-4-10(11)8(9)5-7;1-3-7-5(6-2)4-8-5/h3-5H,2,6H2,1H3;3-4H2,1-2H3. The molecule has 1 fully saturated rings. The van der Waals surface area contributed by atoms with Crippen LogP contribution in [0.5, 0.6) is 0 Å². The molecule has 1 atom stereocenters. The number of rotatable bonds is 6. The zero-order chi connectivity index (χ0) is 15.0. The molecule has 0 amide bonds. The molecule has 0 saturated carbocycles. The third kappa shape index (κ3) is 5.72. The molecule has 1 aliphatic rings. The molecule has 0 aromatic carbocycles. The van der Waals surface area contributed by atoms with Crippen LogP contribution in [0.3, 0.4) is 0 Å². The minimum Gasteiger partial charge on any atom is -0.618 e. The van der Waals surface area contributed by atoms with Crippen molar-refractivity contribution in [3.63, 3.8) is 0 Å². The van der Waals surface area contributed by atoms with E-state index in [1.54, 1.807) is 19.2 Å². The summed E-state index contributed by atoms with van der Waals surface area (Å²) in [6.45, 7) is 6.28. The van der Waals surface area contributed by atoms with E-state index in [2.05, 4.69) is 15.9 Å². The Morgan fingerprint density at radius 1 is 1.45 bits per heavy atom. The van der Waals surface area contributed by atoms with Crippen molar-refractivity contribution in [2.24, 2.45) is 0 Å². The van der Waals surface area contributed by atoms with Gasteiger partial charge in [-0.2, -0.15) is 4.73 Å². The summed E-state index contributed by atoms with van der Waals surface area (Å²) >= 11 is 3.13. The van der Waals surface area contributed by atoms with Crippen molar-refractivity contribution < 1.29 is 23.7 Å². The number of epoxide rings is 1. The predicted molar refractivity (Wildman–Crippen MR) is 75.8 cm³/mol. The van der Waals surface area contributed by atoms with E-state index < -0.39 is 5.97 Å². The van der Waals surface area contributed by atoms with E-state index in [9.17, 15) is 5.21 Å². The van der Waals surface area contributed by atoms with Gasteiger partial charge in [-0.25, -0.2) is 0 Å². The lowest BCUT2D eigenvalue weighted by molar-refractivity contribution is -0.617. The van der Waals surface area contributed by atoms with Crippen LogP contribution < -0.4 is 4.73 Å². The van der Waals surface area contributed by atoms with Crippen molar-refractivity contribution in [3.05, 3.63) is 33.7 Å². The quantitative estimate of drug-likeness (QED) is 0.258. The SMILES string of the molecule is CCOC1(OC)CO1.CCOCc1cc[n+]([O-])c(Br)c1. The number of nitrogens with zero attached hydrogens (tertiary/aromatic N) is 1. The molecule has 114 valence electrons. The van der Waals surface area contributed by atoms with E-state index in [4.69, 9.17) is 18.9 Å². The monoisotopic (exact) mass is 349 g/mol. The molecule has 1 unspecified atom stereocenters. The van der Waals surface area contributed by atoms with Gasteiger partial charge in [0, 0.05) is 48.4 Å². The fraction of sp³-hybridized carbons (Fsp3) is 0.615. The number of aromatic nitrogens is 1. The summed E-state index contributed by atoms with van der Waals surface area (Å²) in [6, 6.07) is 3.50. The molecule has 0 N–H and O–H groups in total. The minimum atomic E-state index is -0.658. The molecule has 2 rings (SSSR count). The van der Waals surface area contributed by atoms with Crippen LogP contribution in [0, 0.1) is 5.21 Å². The highest BCUT2D eigenvalue weighted by molar-refractivity contribution is 9.10. The van der Waals surface area contributed by atoms with E-state index >= 15 is 0 Å². The molecular formula is C13H20BrNO5. The van der Waals surface area contributed by atoms with Crippen LogP contribution in [0.4, 0.5) is 0 Å². The molecule has 6 nitrogen and oxygen atoms in total. The third-order valence-corrected chi connectivity index (χ3v) is 3.05. The molecule has 2 heterocycles. The molecule has 1 saturated heterocycles. The third-order valence-electron chi connectivity index (χ3n) is 2.47. The summed E-state index contributed by atoms with van der Waals surface area (Å²) in [5.74, 6) is -0.658. The molecule has 1 aromatic heterocycles. The van der Waals surface area contributed by atoms with Crippen LogP contribution in [0.2, 0.25) is 0 Å². The van der Waals surface area contributed by atoms with Gasteiger partial charge in [0.2, 0.25) is 0 Å². The first-order valence-electron chi connectivity index (χ1n) is 6.35. The lowest BCUT2D eigenvalue weighted by atomic mass is 10.3. The van der Waals surface area contributed by atoms with Gasteiger partial charge in [0.25, 0.3) is 4.60 Å². The Morgan fingerprint density at radius 2 is 2.15 bits per heavy atom. The molecule has 1 aromatic rings. The van der Waals surface area contributed by atoms with Gasteiger partial charge in [-0.3, -0.25) is 0 Å². The second-order valence-corrected chi connectivity index (χ2v) is 4.74. The maximum atomic E-state index is 10.9.